The first-order chi connectivity index (χ1) is 8.97. The molecule has 4 radical (unpaired) electrons. The number of Topliss-reactive ketones (excluding diaryl/α,β-unsaturated/α-hetero) is 1. The molecule has 20 heavy (non-hydrogen) atoms. The topological polar surface area (TPSA) is 63.2 Å². The summed E-state index contributed by atoms with van der Waals surface area (Å²) < 4.78 is 0. The van der Waals surface area contributed by atoms with Gasteiger partial charge in [-0.05, 0) is 23.6 Å². The van der Waals surface area contributed by atoms with Crippen molar-refractivity contribution in [1.29, 1.82) is 0 Å². The molecular formula is C14H23B2NO3. The third kappa shape index (κ3) is 8.94. The molecule has 0 aliphatic carbocycles. The van der Waals surface area contributed by atoms with Crippen LogP contribution in [0.15, 0.2) is 0 Å². The Morgan fingerprint density at radius 1 is 1.00 bits per heavy atom. The van der Waals surface area contributed by atoms with Crippen molar-refractivity contribution in [2.24, 2.45) is 10.8 Å². The van der Waals surface area contributed by atoms with Crippen LogP contribution in [-0.4, -0.2) is 39.6 Å². The molecule has 0 aliphatic heterocycles. The van der Waals surface area contributed by atoms with Crippen LogP contribution in [-0.2, 0) is 14.4 Å². The number of nitrogens with one attached hydrogen (secondary N) is 1. The Balaban J connectivity index is 4.45. The minimum Gasteiger partial charge on any atom is -0.350 e. The summed E-state index contributed by atoms with van der Waals surface area (Å²) in [7, 11) is 10.3. The lowest BCUT2D eigenvalue weighted by Gasteiger charge is -2.34. The van der Waals surface area contributed by atoms with E-state index in [1.807, 2.05) is 27.7 Å². The molecule has 1 N–H and O–H groups in total. The van der Waals surface area contributed by atoms with Gasteiger partial charge in [0.2, 0.25) is 5.91 Å². The summed E-state index contributed by atoms with van der Waals surface area (Å²) in [5.41, 5.74) is -1.06. The molecule has 4 nitrogen and oxygen atoms in total. The predicted octanol–water partition coefficient (Wildman–Crippen LogP) is 1.18. The summed E-state index contributed by atoms with van der Waals surface area (Å²) in [5.74, 6) is -0.196. The number of rotatable bonds is 9. The fraction of sp³-hybridized carbons (Fsp3) is 0.786. The van der Waals surface area contributed by atoms with Gasteiger partial charge in [0.05, 0.1) is 20.1 Å². The smallest absolute Gasteiger partial charge is 0.220 e. The molecule has 0 unspecified atom stereocenters. The third-order valence-corrected chi connectivity index (χ3v) is 2.96. The van der Waals surface area contributed by atoms with Gasteiger partial charge in [-0.2, -0.15) is 0 Å². The zero-order chi connectivity index (χ0) is 16.0. The Labute approximate surface area is 124 Å². The van der Waals surface area contributed by atoms with E-state index in [2.05, 4.69) is 5.32 Å². The van der Waals surface area contributed by atoms with Gasteiger partial charge in [0.1, 0.15) is 5.78 Å². The second-order valence-electron chi connectivity index (χ2n) is 6.84. The first-order valence-corrected chi connectivity index (χ1v) is 6.74. The van der Waals surface area contributed by atoms with Gasteiger partial charge in [0.15, 0.2) is 7.85 Å². The second kappa shape index (κ2) is 7.65. The molecule has 0 saturated carbocycles. The van der Waals surface area contributed by atoms with Crippen LogP contribution in [0.3, 0.4) is 0 Å². The highest BCUT2D eigenvalue weighted by atomic mass is 16.2. The molecule has 1 amide bonds. The molecular weight excluding hydrogens is 252 g/mol. The molecule has 6 heteroatoms. The van der Waals surface area contributed by atoms with Crippen LogP contribution in [0.4, 0.5) is 0 Å². The van der Waals surface area contributed by atoms with E-state index in [0.717, 1.165) is 0 Å². The quantitative estimate of drug-likeness (QED) is 0.642. The van der Waals surface area contributed by atoms with E-state index in [9.17, 15) is 14.4 Å². The average Bonchev–Trinajstić information content (AvgIpc) is 2.22. The third-order valence-electron chi connectivity index (χ3n) is 2.96. The molecule has 0 fully saturated rings. The van der Waals surface area contributed by atoms with Crippen molar-refractivity contribution in [3.63, 3.8) is 0 Å². The predicted molar refractivity (Wildman–Crippen MR) is 80.8 cm³/mol. The highest BCUT2D eigenvalue weighted by molar-refractivity contribution is 6.58. The molecule has 0 rings (SSSR count). The van der Waals surface area contributed by atoms with Gasteiger partial charge in [-0.25, -0.2) is 0 Å². The Morgan fingerprint density at radius 2 is 1.50 bits per heavy atom. The molecule has 0 spiro atoms. The monoisotopic (exact) mass is 275 g/mol. The van der Waals surface area contributed by atoms with Gasteiger partial charge in [-0.1, -0.05) is 27.7 Å². The normalized spacial score (nSPS) is 12.0. The minimum atomic E-state index is -0.565. The van der Waals surface area contributed by atoms with Crippen LogP contribution in [0.1, 0.15) is 47.0 Å². The van der Waals surface area contributed by atoms with Gasteiger partial charge in [0, 0.05) is 12.8 Å². The molecule has 0 atom stereocenters. The molecule has 0 aromatic heterocycles. The Morgan fingerprint density at radius 3 is 1.95 bits per heavy atom. The summed E-state index contributed by atoms with van der Waals surface area (Å²) in [6, 6.07) is 0. The zero-order valence-electron chi connectivity index (χ0n) is 12.9. The largest absolute Gasteiger partial charge is 0.350 e. The van der Waals surface area contributed by atoms with Crippen molar-refractivity contribution in [1.82, 2.24) is 5.32 Å². The summed E-state index contributed by atoms with van der Waals surface area (Å²) in [6.07, 6.45) is 1.43. The van der Waals surface area contributed by atoms with Crippen LogP contribution in [0.2, 0.25) is 6.32 Å². The van der Waals surface area contributed by atoms with E-state index in [-0.39, 0.29) is 41.8 Å². The maximum atomic E-state index is 11.7. The summed E-state index contributed by atoms with van der Waals surface area (Å²) in [4.78, 5) is 33.8. The number of amides is 1. The highest BCUT2D eigenvalue weighted by Gasteiger charge is 2.31. The average molecular weight is 275 g/mol. The van der Waals surface area contributed by atoms with E-state index < -0.39 is 5.68 Å². The van der Waals surface area contributed by atoms with Crippen molar-refractivity contribution >= 4 is 33.1 Å². The summed E-state index contributed by atoms with van der Waals surface area (Å²) >= 11 is 0. The number of ketones is 1. The van der Waals surface area contributed by atoms with Crippen molar-refractivity contribution in [2.75, 3.05) is 6.54 Å². The molecule has 0 aromatic carbocycles. The number of hydrogen-bond donors (Lipinski definition) is 1. The van der Waals surface area contributed by atoms with Gasteiger partial charge in [-0.3, -0.25) is 4.79 Å². The minimum absolute atomic E-state index is 0.0176. The Hall–Kier alpha value is -1.06. The summed E-state index contributed by atoms with van der Waals surface area (Å²) in [5, 5.41) is 2.48. The van der Waals surface area contributed by atoms with Crippen molar-refractivity contribution < 1.29 is 14.4 Å². The highest BCUT2D eigenvalue weighted by Crippen LogP contribution is 2.38. The van der Waals surface area contributed by atoms with Crippen molar-refractivity contribution in [2.45, 2.75) is 53.3 Å². The molecule has 0 bridgehead atoms. The Bertz CT molecular complexity index is 379. The SMILES string of the molecule is [B]CC(=O)CC(C)(C)CC(C)(C)CC(=O)NCC([B])=O. The van der Waals surface area contributed by atoms with E-state index in [0.29, 0.717) is 12.8 Å². The molecule has 108 valence electrons. The maximum Gasteiger partial charge on any atom is 0.220 e. The molecule has 0 aromatic rings. The lowest BCUT2D eigenvalue weighted by atomic mass is 9.70. The molecule has 0 aliphatic rings. The first kappa shape index (κ1) is 18.9. The second-order valence-corrected chi connectivity index (χ2v) is 6.84. The fourth-order valence-electron chi connectivity index (χ4n) is 2.71. The van der Waals surface area contributed by atoms with E-state index in [4.69, 9.17) is 15.7 Å². The van der Waals surface area contributed by atoms with Gasteiger partial charge in [-0.15, -0.1) is 0 Å². The lowest BCUT2D eigenvalue weighted by molar-refractivity contribution is -0.125. The van der Waals surface area contributed by atoms with E-state index in [1.54, 1.807) is 0 Å². The molecule has 0 heterocycles. The van der Waals surface area contributed by atoms with Crippen molar-refractivity contribution in [3.05, 3.63) is 0 Å². The van der Waals surface area contributed by atoms with Crippen LogP contribution >= 0.6 is 0 Å². The first-order valence-electron chi connectivity index (χ1n) is 6.74. The van der Waals surface area contributed by atoms with Crippen LogP contribution < -0.4 is 5.32 Å². The Kier molecular flexibility index (Phi) is 7.25. The van der Waals surface area contributed by atoms with Gasteiger partial charge in [0.25, 0.3) is 0 Å². The number of carbonyl (C=O) groups excluding carboxylic acids is 3. The maximum absolute atomic E-state index is 11.7. The van der Waals surface area contributed by atoms with Gasteiger partial charge >= 0.3 is 0 Å². The van der Waals surface area contributed by atoms with E-state index >= 15 is 0 Å². The van der Waals surface area contributed by atoms with E-state index in [1.165, 1.54) is 0 Å². The van der Waals surface area contributed by atoms with Gasteiger partial charge < -0.3 is 14.9 Å². The van der Waals surface area contributed by atoms with Crippen LogP contribution in [0.25, 0.3) is 0 Å². The fourth-order valence-corrected chi connectivity index (χ4v) is 2.71. The summed E-state index contributed by atoms with van der Waals surface area (Å²) in [6.45, 7) is 7.76. The van der Waals surface area contributed by atoms with Crippen LogP contribution in [0, 0.1) is 10.8 Å². The van der Waals surface area contributed by atoms with Crippen LogP contribution in [0.5, 0.6) is 0 Å². The van der Waals surface area contributed by atoms with Crippen molar-refractivity contribution in [3.8, 4) is 0 Å². The number of carbonyl (C=O) groups is 3. The lowest BCUT2D eigenvalue weighted by Crippen LogP contribution is -2.35. The number of hydrogen-bond acceptors (Lipinski definition) is 3. The molecule has 0 saturated heterocycles. The zero-order valence-corrected chi connectivity index (χ0v) is 12.9. The standard InChI is InChI=1S/C14H23B2NO3/c1-13(2,5-10(18)7-15)9-14(3,4)6-12(20)17-8-11(16)19/h5-9H2,1-4H3,(H,17,20).